The number of ketones is 1. The number of sulfonamides is 1. The molecule has 7 nitrogen and oxygen atoms in total. The monoisotopic (exact) mass is 404 g/mol. The molecule has 150 valence electrons. The Hall–Kier alpha value is -2.71. The summed E-state index contributed by atoms with van der Waals surface area (Å²) in [4.78, 5) is 24.3. The highest BCUT2D eigenvalue weighted by Crippen LogP contribution is 2.21. The molecule has 0 unspecified atom stereocenters. The highest BCUT2D eigenvalue weighted by atomic mass is 32.2. The summed E-state index contributed by atoms with van der Waals surface area (Å²) < 4.78 is 28.4. The molecule has 8 heteroatoms. The zero-order chi connectivity index (χ0) is 20.7. The Morgan fingerprint density at radius 3 is 2.32 bits per heavy atom. The zero-order valence-electron chi connectivity index (χ0n) is 15.9. The van der Waals surface area contributed by atoms with Crippen molar-refractivity contribution < 1.29 is 22.7 Å². The van der Waals surface area contributed by atoms with E-state index in [2.05, 4.69) is 5.32 Å². The number of benzene rings is 2. The fraction of sp³-hybridized carbons (Fsp3) is 0.300. The van der Waals surface area contributed by atoms with Crippen LogP contribution in [0.5, 0.6) is 5.75 Å². The molecule has 0 saturated carbocycles. The number of primary sulfonamides is 1. The van der Waals surface area contributed by atoms with Gasteiger partial charge in [-0.05, 0) is 54.8 Å². The lowest BCUT2D eigenvalue weighted by atomic mass is 10.1. The second kappa shape index (κ2) is 9.48. The third-order valence-electron chi connectivity index (χ3n) is 4.26. The number of hydrogen-bond donors (Lipinski definition) is 2. The molecule has 0 aliphatic rings. The van der Waals surface area contributed by atoms with Gasteiger partial charge in [0.1, 0.15) is 5.75 Å². The number of Topliss-reactive ketones (excluding diaryl/α,β-unsaturated/α-hetero) is 1. The first kappa shape index (κ1) is 21.6. The highest BCUT2D eigenvalue weighted by Gasteiger charge is 2.15. The molecule has 2 rings (SSSR count). The summed E-state index contributed by atoms with van der Waals surface area (Å²) in [6, 6.07) is 11.4. The van der Waals surface area contributed by atoms with E-state index in [0.717, 1.165) is 0 Å². The SMILES string of the molecule is CCc1ccc(NC(=O)CCCC(=O)c2ccc(OC)cc2)cc1S(N)(=O)=O. The number of amides is 1. The van der Waals surface area contributed by atoms with E-state index < -0.39 is 10.0 Å². The van der Waals surface area contributed by atoms with E-state index in [1.54, 1.807) is 43.5 Å². The average Bonchev–Trinajstić information content (AvgIpc) is 2.67. The van der Waals surface area contributed by atoms with E-state index in [4.69, 9.17) is 9.88 Å². The number of nitrogens with two attached hydrogens (primary N) is 1. The Morgan fingerprint density at radius 1 is 1.07 bits per heavy atom. The van der Waals surface area contributed by atoms with Crippen LogP contribution in [-0.2, 0) is 21.2 Å². The third kappa shape index (κ3) is 5.90. The van der Waals surface area contributed by atoms with Gasteiger partial charge < -0.3 is 10.1 Å². The van der Waals surface area contributed by atoms with Gasteiger partial charge in [-0.15, -0.1) is 0 Å². The Bertz CT molecular complexity index is 953. The summed E-state index contributed by atoms with van der Waals surface area (Å²) in [5.74, 6) is 0.315. The number of carbonyl (C=O) groups excluding carboxylic acids is 2. The van der Waals surface area contributed by atoms with Crippen molar-refractivity contribution >= 4 is 27.4 Å². The standard InChI is InChI=1S/C20H24N2O5S/c1-3-14-7-10-16(13-19(14)28(21,25)26)22-20(24)6-4-5-18(23)15-8-11-17(27-2)12-9-15/h7-13H,3-6H2,1-2H3,(H,22,24)(H2,21,25,26). The predicted molar refractivity (Wildman–Crippen MR) is 107 cm³/mol. The molecular formula is C20H24N2O5S. The summed E-state index contributed by atoms with van der Waals surface area (Å²) in [7, 11) is -2.32. The third-order valence-corrected chi connectivity index (χ3v) is 5.25. The van der Waals surface area contributed by atoms with Crippen LogP contribution in [0, 0.1) is 0 Å². The Labute approximate surface area is 164 Å². The lowest BCUT2D eigenvalue weighted by Gasteiger charge is -2.10. The predicted octanol–water partition coefficient (Wildman–Crippen LogP) is 2.90. The molecule has 1 amide bonds. The minimum atomic E-state index is -3.87. The molecule has 0 aliphatic heterocycles. The fourth-order valence-corrected chi connectivity index (χ4v) is 3.61. The van der Waals surface area contributed by atoms with Crippen LogP contribution in [0.1, 0.15) is 42.1 Å². The van der Waals surface area contributed by atoms with Crippen molar-refractivity contribution in [2.45, 2.75) is 37.5 Å². The van der Waals surface area contributed by atoms with Gasteiger partial charge in [0.05, 0.1) is 12.0 Å². The molecule has 28 heavy (non-hydrogen) atoms. The maximum atomic E-state index is 12.2. The second-order valence-electron chi connectivity index (χ2n) is 6.27. The van der Waals surface area contributed by atoms with Gasteiger partial charge in [0, 0.05) is 24.1 Å². The van der Waals surface area contributed by atoms with Gasteiger partial charge in [-0.2, -0.15) is 0 Å². The van der Waals surface area contributed by atoms with E-state index in [1.165, 1.54) is 6.07 Å². The van der Waals surface area contributed by atoms with Crippen LogP contribution in [0.25, 0.3) is 0 Å². The maximum Gasteiger partial charge on any atom is 0.238 e. The van der Waals surface area contributed by atoms with E-state index in [9.17, 15) is 18.0 Å². The van der Waals surface area contributed by atoms with Gasteiger partial charge in [-0.25, -0.2) is 13.6 Å². The highest BCUT2D eigenvalue weighted by molar-refractivity contribution is 7.89. The number of hydrogen-bond acceptors (Lipinski definition) is 5. The molecule has 3 N–H and O–H groups in total. The van der Waals surface area contributed by atoms with Crippen LogP contribution in [0.3, 0.4) is 0 Å². The minimum Gasteiger partial charge on any atom is -0.497 e. The number of anilines is 1. The van der Waals surface area contributed by atoms with Crippen molar-refractivity contribution in [1.29, 1.82) is 0 Å². The van der Waals surface area contributed by atoms with Crippen LogP contribution in [0.4, 0.5) is 5.69 Å². The normalized spacial score (nSPS) is 11.1. The van der Waals surface area contributed by atoms with Crippen molar-refractivity contribution in [2.24, 2.45) is 5.14 Å². The van der Waals surface area contributed by atoms with Crippen molar-refractivity contribution in [3.8, 4) is 5.75 Å². The molecule has 0 aromatic heterocycles. The Kier molecular flexibility index (Phi) is 7.31. The zero-order valence-corrected chi connectivity index (χ0v) is 16.7. The van der Waals surface area contributed by atoms with Gasteiger partial charge in [0.25, 0.3) is 0 Å². The van der Waals surface area contributed by atoms with Crippen molar-refractivity contribution in [1.82, 2.24) is 0 Å². The number of carbonyl (C=O) groups is 2. The number of nitrogens with one attached hydrogen (secondary N) is 1. The molecule has 2 aromatic rings. The average molecular weight is 404 g/mol. The molecule has 0 fully saturated rings. The van der Waals surface area contributed by atoms with Gasteiger partial charge >= 0.3 is 0 Å². The molecule has 0 bridgehead atoms. The summed E-state index contributed by atoms with van der Waals surface area (Å²) >= 11 is 0. The number of methoxy groups -OCH3 is 1. The first-order valence-corrected chi connectivity index (χ1v) is 10.4. The maximum absolute atomic E-state index is 12.2. The van der Waals surface area contributed by atoms with Crippen molar-refractivity contribution in [2.75, 3.05) is 12.4 Å². The summed E-state index contributed by atoms with van der Waals surface area (Å²) in [6.45, 7) is 1.82. The minimum absolute atomic E-state index is 0.00230. The second-order valence-corrected chi connectivity index (χ2v) is 7.80. The van der Waals surface area contributed by atoms with Crippen LogP contribution >= 0.6 is 0 Å². The molecule has 2 aromatic carbocycles. The van der Waals surface area contributed by atoms with Crippen LogP contribution in [0.15, 0.2) is 47.4 Å². The Morgan fingerprint density at radius 2 is 1.75 bits per heavy atom. The first-order valence-electron chi connectivity index (χ1n) is 8.87. The molecule has 0 radical (unpaired) electrons. The molecule has 0 aliphatic carbocycles. The summed E-state index contributed by atoms with van der Waals surface area (Å²) in [5.41, 5.74) is 1.51. The lowest BCUT2D eigenvalue weighted by Crippen LogP contribution is -2.16. The first-order chi connectivity index (χ1) is 13.2. The molecule has 0 spiro atoms. The van der Waals surface area contributed by atoms with Crippen molar-refractivity contribution in [3.63, 3.8) is 0 Å². The lowest BCUT2D eigenvalue weighted by molar-refractivity contribution is -0.116. The quantitative estimate of drug-likeness (QED) is 0.624. The van der Waals surface area contributed by atoms with Gasteiger partial charge in [-0.3, -0.25) is 9.59 Å². The molecule has 0 atom stereocenters. The Balaban J connectivity index is 1.91. The largest absolute Gasteiger partial charge is 0.497 e. The van der Waals surface area contributed by atoms with E-state index in [-0.39, 0.29) is 29.4 Å². The molecule has 0 heterocycles. The topological polar surface area (TPSA) is 116 Å². The van der Waals surface area contributed by atoms with Crippen LogP contribution < -0.4 is 15.2 Å². The van der Waals surface area contributed by atoms with Crippen LogP contribution in [0.2, 0.25) is 0 Å². The van der Waals surface area contributed by atoms with Gasteiger partial charge in [0.15, 0.2) is 5.78 Å². The number of rotatable bonds is 9. The molecule has 0 saturated heterocycles. The smallest absolute Gasteiger partial charge is 0.238 e. The van der Waals surface area contributed by atoms with E-state index in [0.29, 0.717) is 35.4 Å². The molecular weight excluding hydrogens is 380 g/mol. The van der Waals surface area contributed by atoms with Crippen molar-refractivity contribution in [3.05, 3.63) is 53.6 Å². The summed E-state index contributed by atoms with van der Waals surface area (Å²) in [5, 5.41) is 7.88. The van der Waals surface area contributed by atoms with Gasteiger partial charge in [0.2, 0.25) is 15.9 Å². The van der Waals surface area contributed by atoms with E-state index in [1.807, 2.05) is 6.92 Å². The fourth-order valence-electron chi connectivity index (χ4n) is 2.74. The van der Waals surface area contributed by atoms with Crippen LogP contribution in [-0.4, -0.2) is 27.2 Å². The van der Waals surface area contributed by atoms with Gasteiger partial charge in [-0.1, -0.05) is 13.0 Å². The number of ether oxygens (including phenoxy) is 1. The summed E-state index contributed by atoms with van der Waals surface area (Å²) in [6.07, 6.45) is 1.26. The number of aryl methyl sites for hydroxylation is 1. The van der Waals surface area contributed by atoms with E-state index >= 15 is 0 Å².